The standard InChI is InChI=1S/C29H44N4O3/c1-20(2)18-33-19-22-16-29(26(34)30-13-9-10-14-31-27(35)36-28(3,4)5)24(25(33)23(22)17-32-29)15-21-11-7-6-8-12-21/h6-8,11-12,17,20,22-25H,9-10,13-16,18-19H2,1-5H3,(H,30,34)(H,31,35)/t22-,23-,24+,25+,29+/m1/s1. The van der Waals surface area contributed by atoms with Crippen LogP contribution >= 0.6 is 0 Å². The highest BCUT2D eigenvalue weighted by Gasteiger charge is 2.63. The summed E-state index contributed by atoms with van der Waals surface area (Å²) in [6, 6.07) is 10.9. The molecule has 5 rings (SSSR count). The Morgan fingerprint density at radius 3 is 2.50 bits per heavy atom. The van der Waals surface area contributed by atoms with E-state index in [4.69, 9.17) is 9.73 Å². The maximum absolute atomic E-state index is 13.8. The van der Waals surface area contributed by atoms with Crippen LogP contribution in [-0.2, 0) is 16.0 Å². The van der Waals surface area contributed by atoms with Crippen molar-refractivity contribution in [1.82, 2.24) is 15.5 Å². The largest absolute Gasteiger partial charge is 0.444 e. The highest BCUT2D eigenvalue weighted by Crippen LogP contribution is 2.54. The van der Waals surface area contributed by atoms with Crippen molar-refractivity contribution >= 4 is 18.2 Å². The molecule has 1 aromatic rings. The number of alkyl carbamates (subject to hydrolysis) is 1. The zero-order valence-electron chi connectivity index (χ0n) is 22.6. The quantitative estimate of drug-likeness (QED) is 0.479. The van der Waals surface area contributed by atoms with Gasteiger partial charge in [-0.15, -0.1) is 0 Å². The minimum atomic E-state index is -0.694. The van der Waals surface area contributed by atoms with Crippen molar-refractivity contribution in [2.24, 2.45) is 28.7 Å². The molecule has 198 valence electrons. The fraction of sp³-hybridized carbons (Fsp3) is 0.690. The number of benzene rings is 1. The molecule has 5 atom stereocenters. The molecule has 2 amide bonds. The molecule has 3 aliphatic heterocycles. The summed E-state index contributed by atoms with van der Waals surface area (Å²) in [6.45, 7) is 13.3. The Balaban J connectivity index is 1.39. The minimum Gasteiger partial charge on any atom is -0.444 e. The van der Waals surface area contributed by atoms with Crippen molar-refractivity contribution in [1.29, 1.82) is 0 Å². The van der Waals surface area contributed by atoms with Gasteiger partial charge >= 0.3 is 6.09 Å². The van der Waals surface area contributed by atoms with E-state index in [1.165, 1.54) is 5.56 Å². The van der Waals surface area contributed by atoms with Gasteiger partial charge in [0.05, 0.1) is 0 Å². The molecule has 1 saturated carbocycles. The van der Waals surface area contributed by atoms with Crippen LogP contribution in [0.2, 0.25) is 0 Å². The third kappa shape index (κ3) is 5.93. The summed E-state index contributed by atoms with van der Waals surface area (Å²) in [5.74, 6) is 1.78. The molecule has 7 heteroatoms. The molecule has 1 saturated heterocycles. The molecule has 2 N–H and O–H groups in total. The van der Waals surface area contributed by atoms with E-state index in [-0.39, 0.29) is 11.8 Å². The van der Waals surface area contributed by atoms with E-state index in [0.29, 0.717) is 36.9 Å². The van der Waals surface area contributed by atoms with Crippen LogP contribution in [0.25, 0.3) is 0 Å². The second kappa shape index (κ2) is 10.9. The number of hydrogen-bond acceptors (Lipinski definition) is 5. The molecule has 3 heterocycles. The smallest absolute Gasteiger partial charge is 0.407 e. The van der Waals surface area contributed by atoms with Crippen LogP contribution in [0.15, 0.2) is 35.3 Å². The van der Waals surface area contributed by atoms with Crippen LogP contribution in [0.4, 0.5) is 4.79 Å². The van der Waals surface area contributed by atoms with E-state index in [1.807, 2.05) is 26.8 Å². The molecule has 1 aliphatic carbocycles. The van der Waals surface area contributed by atoms with Gasteiger partial charge < -0.3 is 15.4 Å². The predicted octanol–water partition coefficient (Wildman–Crippen LogP) is 4.07. The minimum absolute atomic E-state index is 0.0688. The second-order valence-electron chi connectivity index (χ2n) is 12.3. The Morgan fingerprint density at radius 2 is 1.83 bits per heavy atom. The fourth-order valence-corrected chi connectivity index (χ4v) is 6.45. The van der Waals surface area contributed by atoms with Gasteiger partial charge in [-0.25, -0.2) is 4.79 Å². The lowest BCUT2D eigenvalue weighted by molar-refractivity contribution is -0.131. The number of nitrogens with zero attached hydrogens (tertiary/aromatic N) is 2. The highest BCUT2D eigenvalue weighted by atomic mass is 16.6. The van der Waals surface area contributed by atoms with Crippen LogP contribution in [0.3, 0.4) is 0 Å². The molecule has 4 bridgehead atoms. The molecule has 7 nitrogen and oxygen atoms in total. The number of carbonyl (C=O) groups is 2. The van der Waals surface area contributed by atoms with Gasteiger partial charge in [0.1, 0.15) is 11.1 Å². The zero-order chi connectivity index (χ0) is 25.9. The molecule has 2 fully saturated rings. The van der Waals surface area contributed by atoms with Gasteiger partial charge in [0, 0.05) is 50.3 Å². The molecular formula is C29H44N4O3. The molecule has 0 radical (unpaired) electrons. The van der Waals surface area contributed by atoms with Crippen molar-refractivity contribution in [3.8, 4) is 0 Å². The first kappa shape index (κ1) is 26.6. The highest BCUT2D eigenvalue weighted by molar-refractivity contribution is 5.91. The van der Waals surface area contributed by atoms with Crippen LogP contribution in [-0.4, -0.2) is 66.5 Å². The number of unbranched alkanes of at least 4 members (excludes halogenated alkanes) is 1. The van der Waals surface area contributed by atoms with Gasteiger partial charge in [-0.3, -0.25) is 14.7 Å². The topological polar surface area (TPSA) is 83.0 Å². The first-order valence-electron chi connectivity index (χ1n) is 13.7. The number of ether oxygens (including phenoxy) is 1. The first-order chi connectivity index (χ1) is 17.1. The average molecular weight is 497 g/mol. The van der Waals surface area contributed by atoms with E-state index in [0.717, 1.165) is 38.8 Å². The summed E-state index contributed by atoms with van der Waals surface area (Å²) in [5, 5.41) is 6.01. The molecule has 1 aromatic carbocycles. The summed E-state index contributed by atoms with van der Waals surface area (Å²) < 4.78 is 5.27. The van der Waals surface area contributed by atoms with Crippen LogP contribution in [0, 0.1) is 23.7 Å². The Bertz CT molecular complexity index is 942. The van der Waals surface area contributed by atoms with Gasteiger partial charge in [0.15, 0.2) is 0 Å². The number of aliphatic imine (C=N–C) groups is 1. The Labute approximate surface area is 216 Å². The monoisotopic (exact) mass is 496 g/mol. The van der Waals surface area contributed by atoms with E-state index >= 15 is 0 Å². The molecule has 0 aromatic heterocycles. The van der Waals surface area contributed by atoms with Crippen LogP contribution in [0.5, 0.6) is 0 Å². The van der Waals surface area contributed by atoms with Gasteiger partial charge in [-0.1, -0.05) is 44.2 Å². The Hall–Kier alpha value is -2.41. The van der Waals surface area contributed by atoms with E-state index in [2.05, 4.69) is 59.9 Å². The molecule has 4 aliphatic rings. The number of amides is 2. The molecule has 0 unspecified atom stereocenters. The summed E-state index contributed by atoms with van der Waals surface area (Å²) in [4.78, 5) is 33.2. The summed E-state index contributed by atoms with van der Waals surface area (Å²) in [7, 11) is 0. The SMILES string of the molecule is CC(C)CN1C[C@H]2C[C@]3(C(=O)NCCCCNC(=O)OC(C)(C)C)N=C[C@H]2[C@H]1[C@@H]3Cc1ccccc1. The fourth-order valence-electron chi connectivity index (χ4n) is 6.45. The lowest BCUT2D eigenvalue weighted by atomic mass is 9.59. The van der Waals surface area contributed by atoms with Crippen molar-refractivity contribution in [3.63, 3.8) is 0 Å². The van der Waals surface area contributed by atoms with Gasteiger partial charge in [-0.2, -0.15) is 0 Å². The summed E-state index contributed by atoms with van der Waals surface area (Å²) >= 11 is 0. The maximum Gasteiger partial charge on any atom is 0.407 e. The van der Waals surface area contributed by atoms with Crippen LogP contribution in [0.1, 0.15) is 59.4 Å². The first-order valence-corrected chi connectivity index (χ1v) is 13.7. The zero-order valence-corrected chi connectivity index (χ0v) is 22.6. The predicted molar refractivity (Wildman–Crippen MR) is 143 cm³/mol. The van der Waals surface area contributed by atoms with E-state index < -0.39 is 17.2 Å². The number of hydrogen-bond donors (Lipinski definition) is 2. The van der Waals surface area contributed by atoms with Crippen molar-refractivity contribution in [3.05, 3.63) is 35.9 Å². The lowest BCUT2D eigenvalue weighted by Crippen LogP contribution is -2.64. The number of nitrogens with one attached hydrogen (secondary N) is 2. The van der Waals surface area contributed by atoms with Gasteiger partial charge in [-0.05, 0) is 63.9 Å². The number of rotatable bonds is 10. The van der Waals surface area contributed by atoms with Gasteiger partial charge in [0.2, 0.25) is 5.91 Å². The molecule has 36 heavy (non-hydrogen) atoms. The maximum atomic E-state index is 13.8. The van der Waals surface area contributed by atoms with Crippen molar-refractivity contribution in [2.75, 3.05) is 26.2 Å². The number of carbonyl (C=O) groups excluding carboxylic acids is 2. The van der Waals surface area contributed by atoms with E-state index in [1.54, 1.807) is 0 Å². The molecule has 0 spiro atoms. The second-order valence-corrected chi connectivity index (χ2v) is 12.3. The lowest BCUT2D eigenvalue weighted by Gasteiger charge is -2.51. The van der Waals surface area contributed by atoms with Crippen molar-refractivity contribution < 1.29 is 14.3 Å². The summed E-state index contributed by atoms with van der Waals surface area (Å²) in [6.07, 6.45) is 4.99. The molecular weight excluding hydrogens is 452 g/mol. The number of likely N-dealkylation sites (tertiary alicyclic amines) is 1. The Kier molecular flexibility index (Phi) is 8.08. The van der Waals surface area contributed by atoms with E-state index in [9.17, 15) is 9.59 Å². The van der Waals surface area contributed by atoms with Crippen LogP contribution < -0.4 is 10.6 Å². The third-order valence-electron chi connectivity index (χ3n) is 7.75. The summed E-state index contributed by atoms with van der Waals surface area (Å²) in [5.41, 5.74) is 0.0798. The normalized spacial score (nSPS) is 28.9. The van der Waals surface area contributed by atoms with Gasteiger partial charge in [0.25, 0.3) is 0 Å². The third-order valence-corrected chi connectivity index (χ3v) is 7.75. The van der Waals surface area contributed by atoms with Crippen molar-refractivity contribution in [2.45, 2.75) is 77.5 Å². The Morgan fingerprint density at radius 1 is 1.14 bits per heavy atom. The average Bonchev–Trinajstić information content (AvgIpc) is 3.09.